The predicted molar refractivity (Wildman–Crippen MR) is 105 cm³/mol. The summed E-state index contributed by atoms with van der Waals surface area (Å²) in [5.41, 5.74) is 4.43. The van der Waals surface area contributed by atoms with Crippen LogP contribution in [0.25, 0.3) is 0 Å². The zero-order chi connectivity index (χ0) is 16.8. The van der Waals surface area contributed by atoms with Gasteiger partial charge in [0.05, 0.1) is 23.0 Å². The maximum Gasteiger partial charge on any atom is 0.174 e. The molecular weight excluding hydrogens is 401 g/mol. The molecule has 2 aromatic carbocycles. The summed E-state index contributed by atoms with van der Waals surface area (Å²) >= 11 is 2.27. The molecule has 4 heteroatoms. The highest BCUT2D eigenvalue weighted by atomic mass is 127. The van der Waals surface area contributed by atoms with Gasteiger partial charge in [0.15, 0.2) is 11.5 Å². The zero-order valence-corrected chi connectivity index (χ0v) is 16.2. The van der Waals surface area contributed by atoms with Gasteiger partial charge in [-0.25, -0.2) is 0 Å². The van der Waals surface area contributed by atoms with E-state index < -0.39 is 0 Å². The minimum atomic E-state index is 0.683. The quantitative estimate of drug-likeness (QED) is 0.457. The summed E-state index contributed by atoms with van der Waals surface area (Å²) in [5, 5.41) is 0. The number of rotatable bonds is 6. The number of hydrogen-bond donors (Lipinski definition) is 0. The summed E-state index contributed by atoms with van der Waals surface area (Å²) in [4.78, 5) is 4.62. The molecule has 0 aliphatic carbocycles. The zero-order valence-electron chi connectivity index (χ0n) is 14.0. The lowest BCUT2D eigenvalue weighted by atomic mass is 10.1. The van der Waals surface area contributed by atoms with E-state index in [4.69, 9.17) is 9.47 Å². The van der Waals surface area contributed by atoms with Gasteiger partial charge in [-0.15, -0.1) is 0 Å². The van der Waals surface area contributed by atoms with Crippen molar-refractivity contribution in [1.82, 2.24) is 0 Å². The Bertz CT molecular complexity index is 711. The molecule has 0 saturated heterocycles. The smallest absolute Gasteiger partial charge is 0.174 e. The number of aliphatic imine (C=N–C) groups is 1. The first-order chi connectivity index (χ1) is 11.1. The van der Waals surface area contributed by atoms with Crippen LogP contribution in [-0.2, 0) is 0 Å². The van der Waals surface area contributed by atoms with Gasteiger partial charge in [-0.1, -0.05) is 19.1 Å². The molecule has 0 N–H and O–H groups in total. The van der Waals surface area contributed by atoms with E-state index in [1.165, 1.54) is 11.1 Å². The molecule has 0 saturated carbocycles. The lowest BCUT2D eigenvalue weighted by Crippen LogP contribution is -2.01. The van der Waals surface area contributed by atoms with E-state index in [1.807, 2.05) is 24.4 Å². The van der Waals surface area contributed by atoms with Crippen LogP contribution in [0.5, 0.6) is 11.5 Å². The van der Waals surface area contributed by atoms with Crippen LogP contribution in [0.15, 0.2) is 35.3 Å². The SMILES string of the molecule is CCCOc1c(I)cc(C=Nc2cccc(C)c2C)cc1OC. The van der Waals surface area contributed by atoms with E-state index in [0.29, 0.717) is 6.61 Å². The average molecular weight is 423 g/mol. The van der Waals surface area contributed by atoms with E-state index >= 15 is 0 Å². The summed E-state index contributed by atoms with van der Waals surface area (Å²) in [5.74, 6) is 1.55. The topological polar surface area (TPSA) is 30.8 Å². The van der Waals surface area contributed by atoms with E-state index in [2.05, 4.69) is 60.5 Å². The van der Waals surface area contributed by atoms with Crippen LogP contribution in [0.4, 0.5) is 5.69 Å². The molecule has 0 atom stereocenters. The van der Waals surface area contributed by atoms with Gasteiger partial charge in [0.1, 0.15) is 0 Å². The Morgan fingerprint density at radius 3 is 2.70 bits per heavy atom. The molecular formula is C19H22INO2. The lowest BCUT2D eigenvalue weighted by Gasteiger charge is -2.13. The first-order valence-corrected chi connectivity index (χ1v) is 8.75. The summed E-state index contributed by atoms with van der Waals surface area (Å²) in [6, 6.07) is 10.2. The fourth-order valence-electron chi connectivity index (χ4n) is 2.18. The minimum absolute atomic E-state index is 0.683. The fraction of sp³-hybridized carbons (Fsp3) is 0.316. The van der Waals surface area contributed by atoms with E-state index in [0.717, 1.165) is 32.7 Å². The maximum absolute atomic E-state index is 5.78. The van der Waals surface area contributed by atoms with Gasteiger partial charge in [0.25, 0.3) is 0 Å². The van der Waals surface area contributed by atoms with Crippen molar-refractivity contribution in [1.29, 1.82) is 0 Å². The van der Waals surface area contributed by atoms with Crippen molar-refractivity contribution in [3.8, 4) is 11.5 Å². The van der Waals surface area contributed by atoms with Gasteiger partial charge in [0, 0.05) is 6.21 Å². The average Bonchev–Trinajstić information content (AvgIpc) is 2.54. The number of benzene rings is 2. The van der Waals surface area contributed by atoms with E-state index in [9.17, 15) is 0 Å². The normalized spacial score (nSPS) is 11.0. The Labute approximate surface area is 151 Å². The van der Waals surface area contributed by atoms with Crippen molar-refractivity contribution in [2.45, 2.75) is 27.2 Å². The third kappa shape index (κ3) is 4.47. The third-order valence-electron chi connectivity index (χ3n) is 3.63. The molecule has 0 fully saturated rings. The lowest BCUT2D eigenvalue weighted by molar-refractivity contribution is 0.292. The van der Waals surface area contributed by atoms with Crippen molar-refractivity contribution < 1.29 is 9.47 Å². The molecule has 0 amide bonds. The molecule has 3 nitrogen and oxygen atoms in total. The molecule has 0 spiro atoms. The molecule has 0 aliphatic rings. The van der Waals surface area contributed by atoms with Crippen LogP contribution >= 0.6 is 22.6 Å². The van der Waals surface area contributed by atoms with Crippen LogP contribution < -0.4 is 9.47 Å². The number of hydrogen-bond acceptors (Lipinski definition) is 3. The number of nitrogens with zero attached hydrogens (tertiary/aromatic N) is 1. The Morgan fingerprint density at radius 1 is 1.22 bits per heavy atom. The van der Waals surface area contributed by atoms with Crippen molar-refractivity contribution >= 4 is 34.5 Å². The van der Waals surface area contributed by atoms with Crippen molar-refractivity contribution in [2.75, 3.05) is 13.7 Å². The molecule has 0 unspecified atom stereocenters. The highest BCUT2D eigenvalue weighted by Crippen LogP contribution is 2.34. The summed E-state index contributed by atoms with van der Waals surface area (Å²) in [6.45, 7) is 6.96. The van der Waals surface area contributed by atoms with Gasteiger partial charge in [-0.05, 0) is 77.7 Å². The second-order valence-corrected chi connectivity index (χ2v) is 6.52. The van der Waals surface area contributed by atoms with Crippen molar-refractivity contribution in [2.24, 2.45) is 4.99 Å². The Morgan fingerprint density at radius 2 is 2.00 bits per heavy atom. The summed E-state index contributed by atoms with van der Waals surface area (Å²) < 4.78 is 12.3. The molecule has 23 heavy (non-hydrogen) atoms. The van der Waals surface area contributed by atoms with Crippen LogP contribution in [-0.4, -0.2) is 19.9 Å². The molecule has 0 heterocycles. The van der Waals surface area contributed by atoms with Gasteiger partial charge in [-0.2, -0.15) is 0 Å². The van der Waals surface area contributed by atoms with Crippen LogP contribution in [0.3, 0.4) is 0 Å². The summed E-state index contributed by atoms with van der Waals surface area (Å²) in [7, 11) is 1.66. The van der Waals surface area contributed by atoms with Gasteiger partial charge >= 0.3 is 0 Å². The van der Waals surface area contributed by atoms with Crippen LogP contribution in [0.2, 0.25) is 0 Å². The Kier molecular flexibility index (Phi) is 6.45. The third-order valence-corrected chi connectivity index (χ3v) is 4.43. The fourth-order valence-corrected chi connectivity index (χ4v) is 2.96. The maximum atomic E-state index is 5.78. The Balaban J connectivity index is 2.31. The molecule has 0 aromatic heterocycles. The van der Waals surface area contributed by atoms with Gasteiger partial charge in [-0.3, -0.25) is 4.99 Å². The van der Waals surface area contributed by atoms with E-state index in [-0.39, 0.29) is 0 Å². The summed E-state index contributed by atoms with van der Waals surface area (Å²) in [6.07, 6.45) is 2.84. The molecule has 122 valence electrons. The van der Waals surface area contributed by atoms with Gasteiger partial charge in [0.2, 0.25) is 0 Å². The highest BCUT2D eigenvalue weighted by Gasteiger charge is 2.10. The van der Waals surface area contributed by atoms with Crippen LogP contribution in [0.1, 0.15) is 30.0 Å². The first kappa shape index (κ1) is 17.8. The monoisotopic (exact) mass is 423 g/mol. The van der Waals surface area contributed by atoms with Gasteiger partial charge < -0.3 is 9.47 Å². The molecule has 0 bridgehead atoms. The Hall–Kier alpha value is -1.56. The van der Waals surface area contributed by atoms with Crippen molar-refractivity contribution in [3.63, 3.8) is 0 Å². The predicted octanol–water partition coefficient (Wildman–Crippen LogP) is 5.46. The molecule has 2 rings (SSSR count). The van der Waals surface area contributed by atoms with Crippen molar-refractivity contribution in [3.05, 3.63) is 50.6 Å². The second kappa shape index (κ2) is 8.34. The molecule has 2 aromatic rings. The largest absolute Gasteiger partial charge is 0.493 e. The highest BCUT2D eigenvalue weighted by molar-refractivity contribution is 14.1. The molecule has 0 aliphatic heterocycles. The number of ether oxygens (including phenoxy) is 2. The standard InChI is InChI=1S/C19H22INO2/c1-5-9-23-19-16(20)10-15(11-18(19)22-4)12-21-17-8-6-7-13(2)14(17)3/h6-8,10-12H,5,9H2,1-4H3. The molecule has 0 radical (unpaired) electrons. The van der Waals surface area contributed by atoms with Crippen LogP contribution in [0, 0.1) is 17.4 Å². The first-order valence-electron chi connectivity index (χ1n) is 7.67. The van der Waals surface area contributed by atoms with E-state index in [1.54, 1.807) is 7.11 Å². The number of halogens is 1. The number of methoxy groups -OCH3 is 1. The minimum Gasteiger partial charge on any atom is -0.493 e. The number of aryl methyl sites for hydroxylation is 1. The second-order valence-electron chi connectivity index (χ2n) is 5.36.